The summed E-state index contributed by atoms with van der Waals surface area (Å²) in [5.74, 6) is -0.214. The van der Waals surface area contributed by atoms with Crippen LogP contribution in [0, 0.1) is 11.3 Å². The third-order valence-corrected chi connectivity index (χ3v) is 2.14. The van der Waals surface area contributed by atoms with Crippen LogP contribution in [-0.4, -0.2) is 12.5 Å². The molecule has 1 rings (SSSR count). The van der Waals surface area contributed by atoms with Crippen molar-refractivity contribution in [2.75, 3.05) is 6.54 Å². The fourth-order valence-electron chi connectivity index (χ4n) is 0.963. The number of nitrogens with one attached hydrogen (secondary N) is 2. The van der Waals surface area contributed by atoms with Gasteiger partial charge in [-0.1, -0.05) is 22.0 Å². The number of hydrogen-bond donors (Lipinski definition) is 2. The molecule has 0 fully saturated rings. The molecule has 0 unspecified atom stereocenters. The average Bonchev–Trinajstić information content (AvgIpc) is 2.24. The smallest absolute Gasteiger partial charge is 0.265 e. The van der Waals surface area contributed by atoms with E-state index in [-0.39, 0.29) is 5.91 Å². The van der Waals surface area contributed by atoms with Crippen molar-refractivity contribution in [1.29, 1.82) is 5.26 Å². The molecule has 2 N–H and O–H groups in total. The third kappa shape index (κ3) is 4.11. The number of halogens is 1. The van der Waals surface area contributed by atoms with Gasteiger partial charge in [0.15, 0.2) is 0 Å². The fourth-order valence-corrected chi connectivity index (χ4v) is 1.36. The van der Waals surface area contributed by atoms with Crippen molar-refractivity contribution in [2.24, 2.45) is 0 Å². The summed E-state index contributed by atoms with van der Waals surface area (Å²) in [6.07, 6.45) is 0.360. The highest BCUT2D eigenvalue weighted by Gasteiger charge is 2.03. The lowest BCUT2D eigenvalue weighted by Crippen LogP contribution is -2.37. The van der Waals surface area contributed by atoms with E-state index >= 15 is 0 Å². The number of benzene rings is 1. The topological polar surface area (TPSA) is 64.9 Å². The Kier molecular flexibility index (Phi) is 4.81. The van der Waals surface area contributed by atoms with E-state index in [9.17, 15) is 4.79 Å². The third-order valence-electron chi connectivity index (χ3n) is 1.65. The maximum absolute atomic E-state index is 11.5. The van der Waals surface area contributed by atoms with Crippen molar-refractivity contribution in [3.63, 3.8) is 0 Å². The van der Waals surface area contributed by atoms with Gasteiger partial charge in [-0.2, -0.15) is 5.26 Å². The summed E-state index contributed by atoms with van der Waals surface area (Å²) in [7, 11) is 0. The van der Waals surface area contributed by atoms with E-state index < -0.39 is 0 Å². The second-order valence-corrected chi connectivity index (χ2v) is 3.72. The minimum atomic E-state index is -0.214. The van der Waals surface area contributed by atoms with Crippen LogP contribution in [0.3, 0.4) is 0 Å². The van der Waals surface area contributed by atoms with Crippen LogP contribution in [0.5, 0.6) is 0 Å². The van der Waals surface area contributed by atoms with E-state index in [1.54, 1.807) is 18.2 Å². The van der Waals surface area contributed by atoms with Gasteiger partial charge in [-0.3, -0.25) is 10.2 Å². The molecule has 0 saturated heterocycles. The number of hydrazine groups is 1. The minimum Gasteiger partial charge on any atom is -0.287 e. The van der Waals surface area contributed by atoms with Crippen LogP contribution in [0.1, 0.15) is 16.8 Å². The zero-order valence-electron chi connectivity index (χ0n) is 7.96. The molecule has 1 aromatic carbocycles. The Morgan fingerprint density at radius 1 is 1.53 bits per heavy atom. The number of nitriles is 1. The number of hydrogen-bond acceptors (Lipinski definition) is 3. The predicted octanol–water partition coefficient (Wildman–Crippen LogP) is 1.60. The summed E-state index contributed by atoms with van der Waals surface area (Å²) in [6, 6.07) is 9.04. The Bertz CT molecular complexity index is 386. The molecule has 1 aromatic rings. The molecule has 0 radical (unpaired) electrons. The Labute approximate surface area is 96.4 Å². The highest BCUT2D eigenvalue weighted by atomic mass is 79.9. The fraction of sp³-hybridized carbons (Fsp3) is 0.200. The maximum Gasteiger partial charge on any atom is 0.265 e. The van der Waals surface area contributed by atoms with E-state index in [1.807, 2.05) is 12.1 Å². The van der Waals surface area contributed by atoms with Crippen LogP contribution < -0.4 is 10.9 Å². The van der Waals surface area contributed by atoms with E-state index in [1.165, 1.54) is 0 Å². The van der Waals surface area contributed by atoms with Crippen molar-refractivity contribution >= 4 is 21.8 Å². The van der Waals surface area contributed by atoms with Gasteiger partial charge in [0.1, 0.15) is 0 Å². The first-order chi connectivity index (χ1) is 7.24. The molecular weight excluding hydrogens is 258 g/mol. The monoisotopic (exact) mass is 267 g/mol. The quantitative estimate of drug-likeness (QED) is 0.644. The molecule has 0 bridgehead atoms. The van der Waals surface area contributed by atoms with E-state index in [0.717, 1.165) is 4.47 Å². The summed E-state index contributed by atoms with van der Waals surface area (Å²) in [6.45, 7) is 0.441. The maximum atomic E-state index is 11.5. The summed E-state index contributed by atoms with van der Waals surface area (Å²) in [5.41, 5.74) is 5.73. The summed E-state index contributed by atoms with van der Waals surface area (Å²) in [5, 5.41) is 8.28. The zero-order valence-corrected chi connectivity index (χ0v) is 9.54. The summed E-state index contributed by atoms with van der Waals surface area (Å²) < 4.78 is 0.854. The molecule has 1 amide bonds. The van der Waals surface area contributed by atoms with Gasteiger partial charge in [0.25, 0.3) is 5.91 Å². The first-order valence-electron chi connectivity index (χ1n) is 4.40. The normalized spacial score (nSPS) is 9.33. The highest BCUT2D eigenvalue weighted by molar-refractivity contribution is 9.10. The number of nitrogens with zero attached hydrogens (tertiary/aromatic N) is 1. The minimum absolute atomic E-state index is 0.214. The van der Waals surface area contributed by atoms with Crippen LogP contribution in [0.4, 0.5) is 0 Å². The molecule has 0 aliphatic carbocycles. The lowest BCUT2D eigenvalue weighted by atomic mass is 10.2. The van der Waals surface area contributed by atoms with Gasteiger partial charge in [0.2, 0.25) is 0 Å². The number of carbonyl (C=O) groups excluding carboxylic acids is 1. The summed E-state index contributed by atoms with van der Waals surface area (Å²) in [4.78, 5) is 11.5. The molecule has 0 saturated carbocycles. The molecule has 0 aromatic heterocycles. The Morgan fingerprint density at radius 2 is 2.33 bits per heavy atom. The SMILES string of the molecule is N#CCCNNC(=O)c1cccc(Br)c1. The molecule has 15 heavy (non-hydrogen) atoms. The Morgan fingerprint density at radius 3 is 3.00 bits per heavy atom. The second kappa shape index (κ2) is 6.17. The van der Waals surface area contributed by atoms with Gasteiger partial charge in [-0.25, -0.2) is 5.43 Å². The standard InChI is InChI=1S/C10H10BrN3O/c11-9-4-1-3-8(7-9)10(15)14-13-6-2-5-12/h1,3-4,7,13H,2,6H2,(H,14,15). The molecule has 4 nitrogen and oxygen atoms in total. The van der Waals surface area contributed by atoms with Crippen LogP contribution in [-0.2, 0) is 0 Å². The van der Waals surface area contributed by atoms with Gasteiger partial charge in [0, 0.05) is 23.0 Å². The van der Waals surface area contributed by atoms with Gasteiger partial charge in [0.05, 0.1) is 6.07 Å². The van der Waals surface area contributed by atoms with Crippen LogP contribution in [0.2, 0.25) is 0 Å². The molecule has 0 aliphatic heterocycles. The van der Waals surface area contributed by atoms with Crippen LogP contribution in [0.15, 0.2) is 28.7 Å². The van der Waals surface area contributed by atoms with E-state index in [4.69, 9.17) is 5.26 Å². The predicted molar refractivity (Wildman–Crippen MR) is 59.8 cm³/mol. The van der Waals surface area contributed by atoms with Gasteiger partial charge >= 0.3 is 0 Å². The number of rotatable bonds is 4. The zero-order chi connectivity index (χ0) is 11.1. The molecule has 0 heterocycles. The second-order valence-electron chi connectivity index (χ2n) is 2.80. The molecule has 0 atom stereocenters. The molecule has 0 spiro atoms. The van der Waals surface area contributed by atoms with Crippen molar-refractivity contribution in [2.45, 2.75) is 6.42 Å². The first-order valence-corrected chi connectivity index (χ1v) is 5.19. The van der Waals surface area contributed by atoms with Crippen LogP contribution in [0.25, 0.3) is 0 Å². The lowest BCUT2D eigenvalue weighted by molar-refractivity contribution is 0.0933. The van der Waals surface area contributed by atoms with Crippen molar-refractivity contribution in [3.8, 4) is 6.07 Å². The van der Waals surface area contributed by atoms with Gasteiger partial charge in [-0.15, -0.1) is 0 Å². The van der Waals surface area contributed by atoms with E-state index in [2.05, 4.69) is 26.8 Å². The van der Waals surface area contributed by atoms with Crippen molar-refractivity contribution < 1.29 is 4.79 Å². The van der Waals surface area contributed by atoms with Crippen LogP contribution >= 0.6 is 15.9 Å². The molecule has 5 heteroatoms. The lowest BCUT2D eigenvalue weighted by Gasteiger charge is -2.05. The summed E-state index contributed by atoms with van der Waals surface area (Å²) >= 11 is 3.28. The number of carbonyl (C=O) groups is 1. The van der Waals surface area contributed by atoms with Crippen molar-refractivity contribution in [1.82, 2.24) is 10.9 Å². The Hall–Kier alpha value is -1.38. The van der Waals surface area contributed by atoms with Gasteiger partial charge < -0.3 is 0 Å². The van der Waals surface area contributed by atoms with Crippen molar-refractivity contribution in [3.05, 3.63) is 34.3 Å². The van der Waals surface area contributed by atoms with E-state index in [0.29, 0.717) is 18.5 Å². The average molecular weight is 268 g/mol. The largest absolute Gasteiger partial charge is 0.287 e. The highest BCUT2D eigenvalue weighted by Crippen LogP contribution is 2.10. The molecule has 0 aliphatic rings. The molecular formula is C10H10BrN3O. The van der Waals surface area contributed by atoms with Gasteiger partial charge in [-0.05, 0) is 18.2 Å². The Balaban J connectivity index is 2.44. The first kappa shape index (κ1) is 11.7. The molecule has 78 valence electrons. The number of amides is 1.